The molecule has 0 aromatic carbocycles. The highest BCUT2D eigenvalue weighted by atomic mass is 16.4. The minimum Gasteiger partial charge on any atom is -0.390 e. The summed E-state index contributed by atoms with van der Waals surface area (Å²) < 4.78 is 0. The molecule has 3 heteroatoms. The SMILES string of the molecule is C=C/C(C)=C/C[C@H]1[C@](C)(O)[C@@H](O)[C@H](O)[C@H]2C(C)(C)CCC[C@@]21C. The summed E-state index contributed by atoms with van der Waals surface area (Å²) in [5, 5.41) is 32.5. The Hall–Kier alpha value is -0.640. The zero-order valence-electron chi connectivity index (χ0n) is 15.3. The third-order valence-electron chi connectivity index (χ3n) is 6.85. The van der Waals surface area contributed by atoms with Crippen LogP contribution in [0.25, 0.3) is 0 Å². The first-order valence-electron chi connectivity index (χ1n) is 8.86. The van der Waals surface area contributed by atoms with Gasteiger partial charge in [0.2, 0.25) is 0 Å². The maximum absolute atomic E-state index is 11.1. The van der Waals surface area contributed by atoms with Crippen molar-refractivity contribution < 1.29 is 15.3 Å². The molecule has 0 unspecified atom stereocenters. The highest BCUT2D eigenvalue weighted by Crippen LogP contribution is 2.62. The van der Waals surface area contributed by atoms with Crippen LogP contribution < -0.4 is 0 Å². The van der Waals surface area contributed by atoms with Crippen molar-refractivity contribution in [1.82, 2.24) is 0 Å². The zero-order valence-corrected chi connectivity index (χ0v) is 15.3. The van der Waals surface area contributed by atoms with Crippen molar-refractivity contribution in [2.24, 2.45) is 22.7 Å². The molecular formula is C20H34O3. The average Bonchev–Trinajstić information content (AvgIpc) is 2.43. The maximum Gasteiger partial charge on any atom is 0.109 e. The number of hydrogen-bond acceptors (Lipinski definition) is 3. The summed E-state index contributed by atoms with van der Waals surface area (Å²) in [6.07, 6.45) is 5.73. The van der Waals surface area contributed by atoms with Crippen molar-refractivity contribution >= 4 is 0 Å². The summed E-state index contributed by atoms with van der Waals surface area (Å²) in [6, 6.07) is 0. The van der Waals surface area contributed by atoms with E-state index in [9.17, 15) is 15.3 Å². The van der Waals surface area contributed by atoms with Gasteiger partial charge in [-0.2, -0.15) is 0 Å². The Morgan fingerprint density at radius 3 is 2.35 bits per heavy atom. The zero-order chi connectivity index (χ0) is 17.6. The monoisotopic (exact) mass is 322 g/mol. The minimum atomic E-state index is -1.30. The van der Waals surface area contributed by atoms with Crippen molar-refractivity contribution in [3.63, 3.8) is 0 Å². The molecule has 3 nitrogen and oxygen atoms in total. The lowest BCUT2D eigenvalue weighted by Gasteiger charge is -2.64. The molecule has 0 bridgehead atoms. The quantitative estimate of drug-likeness (QED) is 0.698. The van der Waals surface area contributed by atoms with Crippen LogP contribution in [0, 0.1) is 22.7 Å². The van der Waals surface area contributed by atoms with E-state index in [1.807, 2.05) is 13.0 Å². The highest BCUT2D eigenvalue weighted by Gasteiger charge is 2.64. The molecule has 0 aromatic heterocycles. The summed E-state index contributed by atoms with van der Waals surface area (Å²) in [7, 11) is 0. The van der Waals surface area contributed by atoms with Gasteiger partial charge in [-0.15, -0.1) is 0 Å². The summed E-state index contributed by atoms with van der Waals surface area (Å²) >= 11 is 0. The van der Waals surface area contributed by atoms with Gasteiger partial charge in [-0.3, -0.25) is 0 Å². The maximum atomic E-state index is 11.1. The van der Waals surface area contributed by atoms with Crippen LogP contribution in [0.2, 0.25) is 0 Å². The third kappa shape index (κ3) is 2.92. The van der Waals surface area contributed by atoms with Gasteiger partial charge in [-0.1, -0.05) is 51.5 Å². The predicted octanol–water partition coefficient (Wildman–Crippen LogP) is 3.44. The fourth-order valence-corrected chi connectivity index (χ4v) is 5.67. The van der Waals surface area contributed by atoms with Gasteiger partial charge >= 0.3 is 0 Å². The molecule has 2 aliphatic carbocycles. The molecular weight excluding hydrogens is 288 g/mol. The van der Waals surface area contributed by atoms with Gasteiger partial charge in [-0.25, -0.2) is 0 Å². The van der Waals surface area contributed by atoms with E-state index in [1.165, 1.54) is 0 Å². The van der Waals surface area contributed by atoms with Gasteiger partial charge in [0.25, 0.3) is 0 Å². The molecule has 0 heterocycles. The molecule has 23 heavy (non-hydrogen) atoms. The van der Waals surface area contributed by atoms with E-state index in [-0.39, 0.29) is 22.7 Å². The number of aliphatic hydroxyl groups is 3. The second-order valence-electron chi connectivity index (χ2n) is 8.93. The molecule has 0 radical (unpaired) electrons. The molecule has 132 valence electrons. The van der Waals surface area contributed by atoms with E-state index in [1.54, 1.807) is 6.92 Å². The normalized spacial score (nSPS) is 47.0. The van der Waals surface area contributed by atoms with Gasteiger partial charge < -0.3 is 15.3 Å². The van der Waals surface area contributed by atoms with Gasteiger partial charge in [0.15, 0.2) is 0 Å². The fraction of sp³-hybridized carbons (Fsp3) is 0.800. The van der Waals surface area contributed by atoms with Crippen LogP contribution in [0.15, 0.2) is 24.3 Å². The number of hydrogen-bond donors (Lipinski definition) is 3. The number of rotatable bonds is 3. The van der Waals surface area contributed by atoms with E-state index >= 15 is 0 Å². The van der Waals surface area contributed by atoms with Crippen molar-refractivity contribution in [2.75, 3.05) is 0 Å². The molecule has 0 amide bonds. The van der Waals surface area contributed by atoms with Crippen molar-refractivity contribution in [2.45, 2.75) is 78.1 Å². The predicted molar refractivity (Wildman–Crippen MR) is 93.9 cm³/mol. The standard InChI is InChI=1S/C20H34O3/c1-7-13(2)9-10-14-19(5)12-8-11-18(3,4)16(19)15(21)17(22)20(14,6)23/h7,9,14-17,21-23H,1,8,10-12H2,2-6H3/b13-9+/t14-,15-,16+,17+,19-,20+/m1/s1. The Morgan fingerprint density at radius 1 is 1.17 bits per heavy atom. The van der Waals surface area contributed by atoms with E-state index in [2.05, 4.69) is 33.4 Å². The lowest BCUT2D eigenvalue weighted by molar-refractivity contribution is -0.265. The van der Waals surface area contributed by atoms with Crippen LogP contribution in [0.3, 0.4) is 0 Å². The van der Waals surface area contributed by atoms with Gasteiger partial charge in [0.1, 0.15) is 6.10 Å². The van der Waals surface area contributed by atoms with E-state index in [0.29, 0.717) is 6.42 Å². The van der Waals surface area contributed by atoms with Crippen LogP contribution in [0.1, 0.15) is 60.3 Å². The van der Waals surface area contributed by atoms with E-state index in [4.69, 9.17) is 0 Å². The van der Waals surface area contributed by atoms with Crippen molar-refractivity contribution in [3.05, 3.63) is 24.3 Å². The number of aliphatic hydroxyl groups excluding tert-OH is 2. The lowest BCUT2D eigenvalue weighted by Crippen LogP contribution is -2.69. The largest absolute Gasteiger partial charge is 0.390 e. The van der Waals surface area contributed by atoms with Crippen LogP contribution in [0.5, 0.6) is 0 Å². The molecule has 6 atom stereocenters. The highest BCUT2D eigenvalue weighted by molar-refractivity contribution is 5.18. The molecule has 2 fully saturated rings. The Labute approximate surface area is 141 Å². The Bertz CT molecular complexity index is 491. The third-order valence-corrected chi connectivity index (χ3v) is 6.85. The number of allylic oxidation sites excluding steroid dienone is 3. The first kappa shape index (κ1) is 18.7. The molecule has 0 aromatic rings. The summed E-state index contributed by atoms with van der Waals surface area (Å²) in [6.45, 7) is 14.0. The van der Waals surface area contributed by atoms with Crippen molar-refractivity contribution in [1.29, 1.82) is 0 Å². The van der Waals surface area contributed by atoms with Crippen LogP contribution in [-0.4, -0.2) is 33.1 Å². The van der Waals surface area contributed by atoms with Crippen molar-refractivity contribution in [3.8, 4) is 0 Å². The summed E-state index contributed by atoms with van der Waals surface area (Å²) in [5.41, 5.74) is -0.450. The van der Waals surface area contributed by atoms with E-state index in [0.717, 1.165) is 24.8 Å². The topological polar surface area (TPSA) is 60.7 Å². The summed E-state index contributed by atoms with van der Waals surface area (Å²) in [5.74, 6) is -0.103. The first-order chi connectivity index (χ1) is 10.5. The second kappa shape index (κ2) is 6.02. The molecule has 3 N–H and O–H groups in total. The molecule has 0 aliphatic heterocycles. The average molecular weight is 322 g/mol. The fourth-order valence-electron chi connectivity index (χ4n) is 5.67. The van der Waals surface area contributed by atoms with E-state index < -0.39 is 17.8 Å². The molecule has 2 saturated carbocycles. The Kier molecular flexibility index (Phi) is 4.89. The van der Waals surface area contributed by atoms with Gasteiger partial charge in [0.05, 0.1) is 11.7 Å². The van der Waals surface area contributed by atoms with Crippen LogP contribution in [0.4, 0.5) is 0 Å². The Balaban J connectivity index is 2.49. The number of fused-ring (bicyclic) bond motifs is 1. The summed E-state index contributed by atoms with van der Waals surface area (Å²) in [4.78, 5) is 0. The first-order valence-corrected chi connectivity index (χ1v) is 8.86. The molecule has 2 rings (SSSR count). The van der Waals surface area contributed by atoms with Gasteiger partial charge in [0, 0.05) is 0 Å². The van der Waals surface area contributed by atoms with Crippen LogP contribution in [-0.2, 0) is 0 Å². The van der Waals surface area contributed by atoms with Gasteiger partial charge in [-0.05, 0) is 55.8 Å². The minimum absolute atomic E-state index is 0.0126. The second-order valence-corrected chi connectivity index (χ2v) is 8.93. The lowest BCUT2D eigenvalue weighted by atomic mass is 9.43. The van der Waals surface area contributed by atoms with Crippen LogP contribution >= 0.6 is 0 Å². The Morgan fingerprint density at radius 2 is 1.78 bits per heavy atom. The molecule has 0 spiro atoms. The smallest absolute Gasteiger partial charge is 0.109 e. The molecule has 2 aliphatic rings. The molecule has 0 saturated heterocycles.